The molecule has 0 aliphatic rings. The van der Waals surface area contributed by atoms with Crippen LogP contribution < -0.4 is 5.73 Å². The van der Waals surface area contributed by atoms with E-state index in [1.54, 1.807) is 0 Å². The Bertz CT molecular complexity index is 52.3. The van der Waals surface area contributed by atoms with Gasteiger partial charge in [-0.05, 0) is 25.8 Å². The minimum absolute atomic E-state index is 0. The van der Waals surface area contributed by atoms with Gasteiger partial charge in [0.15, 0.2) is 0 Å². The summed E-state index contributed by atoms with van der Waals surface area (Å²) >= 11 is 0. The zero-order valence-electron chi connectivity index (χ0n) is 5.43. The third-order valence-electron chi connectivity index (χ3n) is 1.21. The number of hydrogen-bond donors (Lipinski definition) is 2. The summed E-state index contributed by atoms with van der Waals surface area (Å²) in [5, 5.41) is 8.93. The molecule has 0 bridgehead atoms. The third kappa shape index (κ3) is 8.46. The second-order valence-electron chi connectivity index (χ2n) is 1.99. The molecule has 0 fully saturated rings. The van der Waals surface area contributed by atoms with E-state index in [0.717, 1.165) is 19.3 Å². The van der Waals surface area contributed by atoms with Gasteiger partial charge in [-0.15, -0.1) is 0 Å². The van der Waals surface area contributed by atoms with Crippen LogP contribution in [0.4, 0.5) is 0 Å². The van der Waals surface area contributed by atoms with Crippen molar-refractivity contribution in [2.75, 3.05) is 6.54 Å². The number of nitrogens with two attached hydrogens (primary N) is 1. The van der Waals surface area contributed by atoms with E-state index in [4.69, 9.17) is 10.8 Å². The van der Waals surface area contributed by atoms with Crippen LogP contribution >= 0.6 is 0 Å². The summed E-state index contributed by atoms with van der Waals surface area (Å²) in [5.41, 5.74) is 5.22. The van der Waals surface area contributed by atoms with E-state index in [1.165, 1.54) is 0 Å². The standard InChI is InChI=1S/C6H15NO.GeH4/c1-2-6(8)4-3-5-7;/h6,8H,2-5,7H2,1H3;1H4. The van der Waals surface area contributed by atoms with Crippen molar-refractivity contribution in [3.8, 4) is 0 Å². The zero-order valence-corrected chi connectivity index (χ0v) is 5.43. The second kappa shape index (κ2) is 8.46. The molecule has 0 aromatic heterocycles. The summed E-state index contributed by atoms with van der Waals surface area (Å²) in [6, 6.07) is 0. The van der Waals surface area contributed by atoms with Crippen LogP contribution in [0, 0.1) is 0 Å². The molecule has 0 aromatic rings. The molecule has 0 amide bonds. The Labute approximate surface area is 67.8 Å². The van der Waals surface area contributed by atoms with Gasteiger partial charge in [0.1, 0.15) is 0 Å². The second-order valence-corrected chi connectivity index (χ2v) is 1.99. The Kier molecular flexibility index (Phi) is 11.4. The summed E-state index contributed by atoms with van der Waals surface area (Å²) in [6.07, 6.45) is 2.51. The molecule has 3 N–H and O–H groups in total. The molecule has 2 nitrogen and oxygen atoms in total. The maximum absolute atomic E-state index is 8.93. The van der Waals surface area contributed by atoms with Crippen LogP contribution in [0.3, 0.4) is 0 Å². The third-order valence-corrected chi connectivity index (χ3v) is 1.21. The first kappa shape index (κ1) is 12.2. The molecule has 0 rings (SSSR count). The Morgan fingerprint density at radius 1 is 1.56 bits per heavy atom. The van der Waals surface area contributed by atoms with Crippen molar-refractivity contribution in [2.24, 2.45) is 5.73 Å². The molecule has 0 heterocycles. The number of aliphatic hydroxyl groups is 1. The van der Waals surface area contributed by atoms with Crippen LogP contribution in [0.2, 0.25) is 0 Å². The first-order valence-electron chi connectivity index (χ1n) is 3.19. The summed E-state index contributed by atoms with van der Waals surface area (Å²) in [5.74, 6) is 0. The number of aliphatic hydroxyl groups excluding tert-OH is 1. The van der Waals surface area contributed by atoms with Gasteiger partial charge >= 0.3 is 17.6 Å². The normalized spacial score (nSPS) is 12.3. The molecule has 3 heteroatoms. The summed E-state index contributed by atoms with van der Waals surface area (Å²) in [7, 11) is 0. The van der Waals surface area contributed by atoms with Gasteiger partial charge in [-0.3, -0.25) is 0 Å². The van der Waals surface area contributed by atoms with Crippen LogP contribution in [0.15, 0.2) is 0 Å². The van der Waals surface area contributed by atoms with Crippen LogP contribution in [0.25, 0.3) is 0 Å². The van der Waals surface area contributed by atoms with E-state index in [9.17, 15) is 0 Å². The van der Waals surface area contributed by atoms with Gasteiger partial charge in [0.05, 0.1) is 6.10 Å². The fourth-order valence-electron chi connectivity index (χ4n) is 0.558. The van der Waals surface area contributed by atoms with Crippen LogP contribution in [-0.4, -0.2) is 35.4 Å². The molecule has 0 saturated heterocycles. The van der Waals surface area contributed by atoms with E-state index in [-0.39, 0.29) is 23.7 Å². The van der Waals surface area contributed by atoms with Gasteiger partial charge in [0.25, 0.3) is 0 Å². The van der Waals surface area contributed by atoms with Crippen molar-refractivity contribution in [1.29, 1.82) is 0 Å². The summed E-state index contributed by atoms with van der Waals surface area (Å²) in [4.78, 5) is 0. The Morgan fingerprint density at radius 2 is 2.11 bits per heavy atom. The fourth-order valence-corrected chi connectivity index (χ4v) is 0.558. The van der Waals surface area contributed by atoms with Crippen molar-refractivity contribution in [2.45, 2.75) is 32.3 Å². The molecule has 0 saturated carbocycles. The molecule has 0 radical (unpaired) electrons. The van der Waals surface area contributed by atoms with Crippen molar-refractivity contribution < 1.29 is 5.11 Å². The van der Waals surface area contributed by atoms with Gasteiger partial charge in [0.2, 0.25) is 0 Å². The SMILES string of the molecule is CCC(O)CCCN.[GeH4]. The molecule has 0 aliphatic heterocycles. The van der Waals surface area contributed by atoms with Crippen LogP contribution in [-0.2, 0) is 0 Å². The molecular weight excluding hydrogens is 175 g/mol. The van der Waals surface area contributed by atoms with E-state index >= 15 is 0 Å². The molecule has 1 unspecified atom stereocenters. The zero-order chi connectivity index (χ0) is 6.41. The van der Waals surface area contributed by atoms with Gasteiger partial charge in [-0.1, -0.05) is 6.92 Å². The molecule has 0 spiro atoms. The first-order chi connectivity index (χ1) is 3.81. The van der Waals surface area contributed by atoms with Gasteiger partial charge < -0.3 is 10.8 Å². The Hall–Kier alpha value is 0.463. The van der Waals surface area contributed by atoms with Crippen LogP contribution in [0.5, 0.6) is 0 Å². The van der Waals surface area contributed by atoms with Crippen molar-refractivity contribution in [3.05, 3.63) is 0 Å². The average molecular weight is 194 g/mol. The van der Waals surface area contributed by atoms with Gasteiger partial charge in [0, 0.05) is 0 Å². The molecule has 9 heavy (non-hydrogen) atoms. The quantitative estimate of drug-likeness (QED) is 0.566. The molecule has 58 valence electrons. The molecule has 0 aliphatic carbocycles. The summed E-state index contributed by atoms with van der Waals surface area (Å²) in [6.45, 7) is 2.66. The predicted octanol–water partition coefficient (Wildman–Crippen LogP) is -0.955. The molecule has 0 aromatic carbocycles. The number of hydrogen-bond acceptors (Lipinski definition) is 2. The molecule has 1 atom stereocenters. The number of rotatable bonds is 4. The summed E-state index contributed by atoms with van der Waals surface area (Å²) < 4.78 is 0. The van der Waals surface area contributed by atoms with E-state index in [2.05, 4.69) is 0 Å². The van der Waals surface area contributed by atoms with Crippen molar-refractivity contribution in [1.82, 2.24) is 0 Å². The van der Waals surface area contributed by atoms with Crippen molar-refractivity contribution in [3.63, 3.8) is 0 Å². The van der Waals surface area contributed by atoms with Crippen molar-refractivity contribution >= 4 is 17.6 Å². The minimum atomic E-state index is -0.126. The van der Waals surface area contributed by atoms with E-state index < -0.39 is 0 Å². The maximum atomic E-state index is 8.93. The van der Waals surface area contributed by atoms with E-state index in [1.807, 2.05) is 6.92 Å². The Balaban J connectivity index is 0. The fraction of sp³-hybridized carbons (Fsp3) is 1.00. The van der Waals surface area contributed by atoms with Gasteiger partial charge in [-0.25, -0.2) is 0 Å². The van der Waals surface area contributed by atoms with Crippen LogP contribution in [0.1, 0.15) is 26.2 Å². The molecular formula is C6H19GeNO. The monoisotopic (exact) mass is 195 g/mol. The Morgan fingerprint density at radius 3 is 2.44 bits per heavy atom. The first-order valence-corrected chi connectivity index (χ1v) is 3.19. The van der Waals surface area contributed by atoms with E-state index in [0.29, 0.717) is 6.54 Å². The predicted molar refractivity (Wildman–Crippen MR) is 45.9 cm³/mol. The topological polar surface area (TPSA) is 46.2 Å². The van der Waals surface area contributed by atoms with Gasteiger partial charge in [-0.2, -0.15) is 0 Å². The average Bonchev–Trinajstić information content (AvgIpc) is 1.83.